The molecule has 0 aliphatic heterocycles. The van der Waals surface area contributed by atoms with E-state index in [2.05, 4.69) is 20.4 Å². The first-order valence-electron chi connectivity index (χ1n) is 8.61. The van der Waals surface area contributed by atoms with E-state index in [0.717, 1.165) is 18.9 Å². The molecule has 152 valence electrons. The van der Waals surface area contributed by atoms with Crippen LogP contribution in [0.5, 0.6) is 0 Å². The number of aliphatic hydroxyl groups excluding tert-OH is 1. The van der Waals surface area contributed by atoms with E-state index in [1.807, 2.05) is 0 Å². The number of rotatable bonds is 5. The summed E-state index contributed by atoms with van der Waals surface area (Å²) < 4.78 is 40.4. The zero-order chi connectivity index (χ0) is 20.8. The number of halogens is 5. The molecule has 1 aliphatic rings. The van der Waals surface area contributed by atoms with Crippen LogP contribution < -0.4 is 5.32 Å². The Morgan fingerprint density at radius 1 is 1.14 bits per heavy atom. The Morgan fingerprint density at radius 2 is 1.83 bits per heavy atom. The number of aromatic nitrogens is 4. The molecule has 1 atom stereocenters. The number of nitrogens with zero attached hydrogens (tertiary/aromatic N) is 4. The van der Waals surface area contributed by atoms with E-state index in [-0.39, 0.29) is 27.3 Å². The highest BCUT2D eigenvalue weighted by Gasteiger charge is 2.38. The summed E-state index contributed by atoms with van der Waals surface area (Å²) in [7, 11) is 0. The summed E-state index contributed by atoms with van der Waals surface area (Å²) in [4.78, 5) is 8.01. The van der Waals surface area contributed by atoms with Gasteiger partial charge in [-0.2, -0.15) is 18.3 Å². The van der Waals surface area contributed by atoms with Gasteiger partial charge in [0.2, 0.25) is 0 Å². The van der Waals surface area contributed by atoms with Crippen molar-refractivity contribution in [2.45, 2.75) is 31.2 Å². The Bertz CT molecular complexity index is 1010. The first-order chi connectivity index (χ1) is 13.7. The molecule has 3 heterocycles. The molecule has 6 nitrogen and oxygen atoms in total. The normalized spacial score (nSPS) is 15.4. The van der Waals surface area contributed by atoms with Crippen LogP contribution in [0.2, 0.25) is 10.0 Å². The molecule has 1 fully saturated rings. The van der Waals surface area contributed by atoms with Gasteiger partial charge in [0.15, 0.2) is 17.7 Å². The summed E-state index contributed by atoms with van der Waals surface area (Å²) in [6.07, 6.45) is -0.0232. The monoisotopic (exact) mass is 443 g/mol. The number of hydrogen-bond donors (Lipinski definition) is 2. The topological polar surface area (TPSA) is 75.9 Å². The van der Waals surface area contributed by atoms with Gasteiger partial charge in [-0.05, 0) is 31.0 Å². The van der Waals surface area contributed by atoms with Crippen molar-refractivity contribution in [1.82, 2.24) is 19.7 Å². The molecule has 0 spiro atoms. The lowest BCUT2D eigenvalue weighted by molar-refractivity contribution is -0.141. The van der Waals surface area contributed by atoms with E-state index < -0.39 is 18.1 Å². The van der Waals surface area contributed by atoms with Crippen molar-refractivity contribution >= 4 is 28.9 Å². The summed E-state index contributed by atoms with van der Waals surface area (Å²) in [6, 6.07) is 4.16. The number of hydrogen-bond acceptors (Lipinski definition) is 5. The third-order valence-electron chi connectivity index (χ3n) is 4.46. The van der Waals surface area contributed by atoms with Crippen LogP contribution in [-0.4, -0.2) is 24.9 Å². The van der Waals surface area contributed by atoms with Crippen LogP contribution in [-0.2, 0) is 6.18 Å². The Labute approximate surface area is 173 Å². The smallest absolute Gasteiger partial charge is 0.369 e. The van der Waals surface area contributed by atoms with Crippen LogP contribution in [0.1, 0.15) is 41.9 Å². The van der Waals surface area contributed by atoms with E-state index >= 15 is 0 Å². The van der Waals surface area contributed by atoms with Gasteiger partial charge >= 0.3 is 6.18 Å². The van der Waals surface area contributed by atoms with Crippen LogP contribution in [0.4, 0.5) is 18.9 Å². The summed E-state index contributed by atoms with van der Waals surface area (Å²) in [6.45, 7) is 0. The quantitative estimate of drug-likeness (QED) is 0.544. The summed E-state index contributed by atoms with van der Waals surface area (Å²) in [5.41, 5.74) is 0.216. The van der Waals surface area contributed by atoms with E-state index in [1.165, 1.54) is 29.3 Å². The molecule has 3 aromatic heterocycles. The Morgan fingerprint density at radius 3 is 2.38 bits per heavy atom. The highest BCUT2D eigenvalue weighted by Crippen LogP contribution is 2.42. The summed E-state index contributed by atoms with van der Waals surface area (Å²) in [5, 5.41) is 17.2. The van der Waals surface area contributed by atoms with Gasteiger partial charge < -0.3 is 10.4 Å². The van der Waals surface area contributed by atoms with Crippen LogP contribution in [0, 0.1) is 0 Å². The zero-order valence-corrected chi connectivity index (χ0v) is 16.2. The lowest BCUT2D eigenvalue weighted by atomic mass is 10.2. The van der Waals surface area contributed by atoms with Crippen LogP contribution in [0.15, 0.2) is 36.8 Å². The predicted molar refractivity (Wildman–Crippen MR) is 101 cm³/mol. The lowest BCUT2D eigenvalue weighted by Crippen LogP contribution is -2.12. The molecule has 1 saturated carbocycles. The molecule has 3 aromatic rings. The Hall–Kier alpha value is -2.36. The first kappa shape index (κ1) is 19.9. The van der Waals surface area contributed by atoms with Crippen molar-refractivity contribution in [1.29, 1.82) is 0 Å². The highest BCUT2D eigenvalue weighted by molar-refractivity contribution is 6.35. The molecule has 0 saturated heterocycles. The highest BCUT2D eigenvalue weighted by atomic mass is 35.5. The van der Waals surface area contributed by atoms with E-state index in [4.69, 9.17) is 23.2 Å². The maximum Gasteiger partial charge on any atom is 0.435 e. The van der Waals surface area contributed by atoms with E-state index in [0.29, 0.717) is 11.4 Å². The minimum Gasteiger partial charge on any atom is -0.369 e. The molecule has 0 radical (unpaired) electrons. The molecular formula is C18H14Cl2F3N5O. The van der Waals surface area contributed by atoms with Gasteiger partial charge in [0.05, 0.1) is 21.9 Å². The lowest BCUT2D eigenvalue weighted by Gasteiger charge is -2.17. The van der Waals surface area contributed by atoms with Crippen molar-refractivity contribution in [3.05, 3.63) is 63.8 Å². The molecule has 0 bridgehead atoms. The van der Waals surface area contributed by atoms with Crippen LogP contribution in [0.25, 0.3) is 5.82 Å². The molecule has 0 aromatic carbocycles. The molecule has 29 heavy (non-hydrogen) atoms. The summed E-state index contributed by atoms with van der Waals surface area (Å²) in [5.74, 6) is 0.304. The van der Waals surface area contributed by atoms with Crippen molar-refractivity contribution in [3.8, 4) is 5.82 Å². The first-order valence-corrected chi connectivity index (χ1v) is 9.36. The number of alkyl halides is 3. The molecule has 2 N–H and O–H groups in total. The van der Waals surface area contributed by atoms with Crippen LogP contribution in [0.3, 0.4) is 0 Å². The average molecular weight is 444 g/mol. The molecule has 11 heteroatoms. The Kier molecular flexibility index (Phi) is 5.14. The van der Waals surface area contributed by atoms with Crippen molar-refractivity contribution in [2.24, 2.45) is 0 Å². The molecule has 0 amide bonds. The standard InChI is InChI=1S/C18H14Cl2F3N5O/c19-11-7-24-8-12(20)16(11)17(29)26-10-3-4-15(25-6-10)28-13(9-1-2-9)5-14(27-28)18(21,22)23/h3-9,17,26,29H,1-2H2. The van der Waals surface area contributed by atoms with Crippen LogP contribution >= 0.6 is 23.2 Å². The number of anilines is 1. The maximum absolute atomic E-state index is 13.1. The minimum atomic E-state index is -4.52. The van der Waals surface area contributed by atoms with Gasteiger partial charge in [-0.25, -0.2) is 9.67 Å². The number of aliphatic hydroxyl groups is 1. The van der Waals surface area contributed by atoms with Gasteiger partial charge in [-0.1, -0.05) is 23.2 Å². The third kappa shape index (κ3) is 4.17. The fourth-order valence-corrected chi connectivity index (χ4v) is 3.47. The fourth-order valence-electron chi connectivity index (χ4n) is 2.90. The minimum absolute atomic E-state index is 0.0518. The number of nitrogens with one attached hydrogen (secondary N) is 1. The molecule has 4 rings (SSSR count). The predicted octanol–water partition coefficient (Wildman–Crippen LogP) is 4.97. The van der Waals surface area contributed by atoms with E-state index in [9.17, 15) is 18.3 Å². The van der Waals surface area contributed by atoms with Crippen molar-refractivity contribution in [2.75, 3.05) is 5.32 Å². The van der Waals surface area contributed by atoms with Crippen molar-refractivity contribution in [3.63, 3.8) is 0 Å². The second-order valence-electron chi connectivity index (χ2n) is 6.61. The van der Waals surface area contributed by atoms with Gasteiger partial charge in [0.1, 0.15) is 0 Å². The molecular weight excluding hydrogens is 430 g/mol. The van der Waals surface area contributed by atoms with E-state index in [1.54, 1.807) is 6.07 Å². The largest absolute Gasteiger partial charge is 0.435 e. The second-order valence-corrected chi connectivity index (χ2v) is 7.42. The maximum atomic E-state index is 13.1. The number of pyridine rings is 2. The SMILES string of the molecule is OC(Nc1ccc(-n2nc(C(F)(F)F)cc2C2CC2)nc1)c1c(Cl)cncc1Cl. The second kappa shape index (κ2) is 7.47. The van der Waals surface area contributed by atoms with Gasteiger partial charge in [-0.3, -0.25) is 4.98 Å². The van der Waals surface area contributed by atoms with Crippen molar-refractivity contribution < 1.29 is 18.3 Å². The zero-order valence-electron chi connectivity index (χ0n) is 14.7. The summed E-state index contributed by atoms with van der Waals surface area (Å²) >= 11 is 12.0. The van der Waals surface area contributed by atoms with Gasteiger partial charge in [-0.15, -0.1) is 0 Å². The Balaban J connectivity index is 1.58. The molecule has 1 aliphatic carbocycles. The fraction of sp³-hybridized carbons (Fsp3) is 0.278. The van der Waals surface area contributed by atoms with Gasteiger partial charge in [0.25, 0.3) is 0 Å². The van der Waals surface area contributed by atoms with Gasteiger partial charge in [0, 0.05) is 29.6 Å². The molecule has 1 unspecified atom stereocenters. The third-order valence-corrected chi connectivity index (χ3v) is 5.06. The average Bonchev–Trinajstić information content (AvgIpc) is 3.39.